The first-order chi connectivity index (χ1) is 8.38. The normalized spacial score (nSPS) is 13.0. The van der Waals surface area contributed by atoms with E-state index in [1.54, 1.807) is 4.68 Å². The lowest BCUT2D eigenvalue weighted by Gasteiger charge is -2.13. The van der Waals surface area contributed by atoms with Gasteiger partial charge in [0.2, 0.25) is 0 Å². The van der Waals surface area contributed by atoms with Crippen molar-refractivity contribution in [3.63, 3.8) is 0 Å². The molecular formula is C13H23N3O2. The van der Waals surface area contributed by atoms with Crippen LogP contribution in [0.25, 0.3) is 0 Å². The van der Waals surface area contributed by atoms with Crippen LogP contribution in [0.2, 0.25) is 0 Å². The van der Waals surface area contributed by atoms with Gasteiger partial charge in [-0.25, -0.2) is 4.79 Å². The first-order valence-corrected chi connectivity index (χ1v) is 6.39. The summed E-state index contributed by atoms with van der Waals surface area (Å²) in [7, 11) is 0. The summed E-state index contributed by atoms with van der Waals surface area (Å²) in [5, 5.41) is 16.9. The minimum absolute atomic E-state index is 0.397. The molecule has 1 unspecified atom stereocenters. The highest BCUT2D eigenvalue weighted by Gasteiger charge is 2.22. The molecule has 0 aromatic carbocycles. The van der Waals surface area contributed by atoms with Crippen molar-refractivity contribution in [2.45, 2.75) is 59.7 Å². The molecule has 0 bridgehead atoms. The number of hydrogen-bond acceptors (Lipinski definition) is 3. The van der Waals surface area contributed by atoms with E-state index in [0.29, 0.717) is 12.5 Å². The lowest BCUT2D eigenvalue weighted by molar-refractivity contribution is -0.141. The third-order valence-corrected chi connectivity index (χ3v) is 3.13. The monoisotopic (exact) mass is 253 g/mol. The maximum atomic E-state index is 11.2. The Balaban J connectivity index is 3.02. The van der Waals surface area contributed by atoms with Crippen molar-refractivity contribution in [2.75, 3.05) is 0 Å². The summed E-state index contributed by atoms with van der Waals surface area (Å²) >= 11 is 0. The number of aliphatic carboxylic acids is 1. The van der Waals surface area contributed by atoms with Crippen molar-refractivity contribution in [1.29, 1.82) is 0 Å². The standard InChI is InChI=1S/C13H23N3O2/c1-6-12(13(17)18)16-10(5)11(9(4)15-16)7-14-8(2)3/h8,12,14H,6-7H2,1-5H3,(H,17,18). The minimum Gasteiger partial charge on any atom is -0.480 e. The van der Waals surface area contributed by atoms with E-state index in [2.05, 4.69) is 24.3 Å². The molecule has 1 heterocycles. The van der Waals surface area contributed by atoms with E-state index in [1.165, 1.54) is 0 Å². The predicted octanol–water partition coefficient (Wildman–Crippen LogP) is 2.03. The lowest BCUT2D eigenvalue weighted by Crippen LogP contribution is -2.23. The van der Waals surface area contributed by atoms with Gasteiger partial charge in [-0.05, 0) is 20.3 Å². The molecule has 0 spiro atoms. The van der Waals surface area contributed by atoms with Gasteiger partial charge >= 0.3 is 5.97 Å². The largest absolute Gasteiger partial charge is 0.480 e. The molecule has 5 heteroatoms. The average Bonchev–Trinajstić information content (AvgIpc) is 2.53. The number of aryl methyl sites for hydroxylation is 1. The van der Waals surface area contributed by atoms with Crippen molar-refractivity contribution in [2.24, 2.45) is 0 Å². The molecule has 1 rings (SSSR count). The fourth-order valence-corrected chi connectivity index (χ4v) is 2.01. The molecule has 0 saturated heterocycles. The van der Waals surface area contributed by atoms with Gasteiger partial charge in [-0.3, -0.25) is 4.68 Å². The van der Waals surface area contributed by atoms with Crippen LogP contribution < -0.4 is 5.32 Å². The summed E-state index contributed by atoms with van der Waals surface area (Å²) in [6.07, 6.45) is 0.536. The van der Waals surface area contributed by atoms with Gasteiger partial charge in [-0.1, -0.05) is 20.8 Å². The number of nitrogens with one attached hydrogen (secondary N) is 1. The van der Waals surface area contributed by atoms with Gasteiger partial charge < -0.3 is 10.4 Å². The summed E-state index contributed by atoms with van der Waals surface area (Å²) < 4.78 is 1.63. The summed E-state index contributed by atoms with van der Waals surface area (Å²) in [6.45, 7) is 10.6. The molecular weight excluding hydrogens is 230 g/mol. The number of nitrogens with zero attached hydrogens (tertiary/aromatic N) is 2. The molecule has 0 aliphatic carbocycles. The maximum Gasteiger partial charge on any atom is 0.328 e. The molecule has 0 aliphatic rings. The van der Waals surface area contributed by atoms with Gasteiger partial charge in [0.1, 0.15) is 6.04 Å². The van der Waals surface area contributed by atoms with Crippen LogP contribution in [0.1, 0.15) is 50.2 Å². The van der Waals surface area contributed by atoms with Crippen LogP contribution in [-0.2, 0) is 11.3 Å². The van der Waals surface area contributed by atoms with Crippen molar-refractivity contribution >= 4 is 5.97 Å². The van der Waals surface area contributed by atoms with Gasteiger partial charge in [-0.15, -0.1) is 0 Å². The van der Waals surface area contributed by atoms with Gasteiger partial charge in [0.25, 0.3) is 0 Å². The van der Waals surface area contributed by atoms with Crippen LogP contribution in [0.3, 0.4) is 0 Å². The fourth-order valence-electron chi connectivity index (χ4n) is 2.01. The van der Waals surface area contributed by atoms with E-state index in [4.69, 9.17) is 0 Å². The molecule has 0 aliphatic heterocycles. The Kier molecular flexibility index (Phi) is 4.90. The molecule has 0 amide bonds. The first kappa shape index (κ1) is 14.7. The second-order valence-corrected chi connectivity index (χ2v) is 4.89. The van der Waals surface area contributed by atoms with Crippen molar-refractivity contribution < 1.29 is 9.90 Å². The third kappa shape index (κ3) is 3.10. The number of carboxylic acids is 1. The summed E-state index contributed by atoms with van der Waals surface area (Å²) in [6, 6.07) is -0.176. The highest BCUT2D eigenvalue weighted by Crippen LogP contribution is 2.19. The maximum absolute atomic E-state index is 11.2. The van der Waals surface area contributed by atoms with Gasteiger partial charge in [0, 0.05) is 23.8 Å². The Morgan fingerprint density at radius 2 is 2.06 bits per heavy atom. The summed E-state index contributed by atoms with van der Waals surface area (Å²) in [4.78, 5) is 11.2. The lowest BCUT2D eigenvalue weighted by atomic mass is 10.1. The number of carboxylic acid groups (broad SMARTS) is 1. The first-order valence-electron chi connectivity index (χ1n) is 6.39. The van der Waals surface area contributed by atoms with Crippen LogP contribution in [0.15, 0.2) is 0 Å². The molecule has 2 N–H and O–H groups in total. The highest BCUT2D eigenvalue weighted by atomic mass is 16.4. The molecule has 0 fully saturated rings. The molecule has 1 aromatic rings. The van der Waals surface area contributed by atoms with E-state index in [9.17, 15) is 9.90 Å². The quantitative estimate of drug-likeness (QED) is 0.814. The molecule has 5 nitrogen and oxygen atoms in total. The SMILES string of the molecule is CCC(C(=O)O)n1nc(C)c(CNC(C)C)c1C. The predicted molar refractivity (Wildman–Crippen MR) is 70.6 cm³/mol. The Hall–Kier alpha value is -1.36. The molecule has 1 aromatic heterocycles. The van der Waals surface area contributed by atoms with Crippen LogP contribution in [0, 0.1) is 13.8 Å². The van der Waals surface area contributed by atoms with Gasteiger partial charge in [-0.2, -0.15) is 5.10 Å². The van der Waals surface area contributed by atoms with Crippen molar-refractivity contribution in [3.05, 3.63) is 17.0 Å². The molecule has 1 atom stereocenters. The third-order valence-electron chi connectivity index (χ3n) is 3.13. The molecule has 18 heavy (non-hydrogen) atoms. The van der Waals surface area contributed by atoms with E-state index in [0.717, 1.165) is 23.5 Å². The average molecular weight is 253 g/mol. The van der Waals surface area contributed by atoms with E-state index >= 15 is 0 Å². The number of hydrogen-bond donors (Lipinski definition) is 2. The summed E-state index contributed by atoms with van der Waals surface area (Å²) in [5.74, 6) is -0.827. The molecule has 102 valence electrons. The topological polar surface area (TPSA) is 67.1 Å². The zero-order chi connectivity index (χ0) is 13.9. The number of aromatic nitrogens is 2. The minimum atomic E-state index is -0.827. The Morgan fingerprint density at radius 3 is 2.50 bits per heavy atom. The number of rotatable bonds is 6. The molecule has 0 saturated carbocycles. The van der Waals surface area contributed by atoms with Crippen LogP contribution in [-0.4, -0.2) is 26.9 Å². The summed E-state index contributed by atoms with van der Waals surface area (Å²) in [5.41, 5.74) is 2.94. The Labute approximate surface area is 108 Å². The smallest absolute Gasteiger partial charge is 0.328 e. The fraction of sp³-hybridized carbons (Fsp3) is 0.692. The van der Waals surface area contributed by atoms with Crippen LogP contribution in [0.4, 0.5) is 0 Å². The van der Waals surface area contributed by atoms with Crippen LogP contribution in [0.5, 0.6) is 0 Å². The van der Waals surface area contributed by atoms with E-state index in [1.807, 2.05) is 20.8 Å². The van der Waals surface area contributed by atoms with Crippen molar-refractivity contribution in [3.8, 4) is 0 Å². The number of carbonyl (C=O) groups is 1. The zero-order valence-electron chi connectivity index (χ0n) is 11.8. The highest BCUT2D eigenvalue weighted by molar-refractivity contribution is 5.71. The Morgan fingerprint density at radius 1 is 1.44 bits per heavy atom. The second-order valence-electron chi connectivity index (χ2n) is 4.89. The Bertz CT molecular complexity index is 424. The zero-order valence-corrected chi connectivity index (χ0v) is 11.8. The van der Waals surface area contributed by atoms with Gasteiger partial charge in [0.05, 0.1) is 5.69 Å². The van der Waals surface area contributed by atoms with Crippen molar-refractivity contribution in [1.82, 2.24) is 15.1 Å². The van der Waals surface area contributed by atoms with E-state index in [-0.39, 0.29) is 0 Å². The van der Waals surface area contributed by atoms with Gasteiger partial charge in [0.15, 0.2) is 0 Å². The van der Waals surface area contributed by atoms with E-state index < -0.39 is 12.0 Å². The second kappa shape index (κ2) is 6.00. The van der Waals surface area contributed by atoms with Crippen LogP contribution >= 0.6 is 0 Å². The molecule has 0 radical (unpaired) electrons.